The molecule has 0 atom stereocenters. The van der Waals surface area contributed by atoms with Crippen molar-refractivity contribution in [1.82, 2.24) is 14.5 Å². The fourth-order valence-corrected chi connectivity index (χ4v) is 13.3. The summed E-state index contributed by atoms with van der Waals surface area (Å²) in [7, 11) is 2.17. The van der Waals surface area contributed by atoms with Crippen LogP contribution in [0.5, 0.6) is 0 Å². The first-order valence-corrected chi connectivity index (χ1v) is 26.5. The zero-order chi connectivity index (χ0) is 51.1. The van der Waals surface area contributed by atoms with Crippen LogP contribution in [0, 0.1) is 0 Å². The topological polar surface area (TPSA) is 34.0 Å². The zero-order valence-electron chi connectivity index (χ0n) is 42.4. The Bertz CT molecular complexity index is 4300. The molecule has 4 heteroatoms. The van der Waals surface area contributed by atoms with Crippen LogP contribution in [0.3, 0.4) is 0 Å². The fourth-order valence-electron chi connectivity index (χ4n) is 13.3. The van der Waals surface area contributed by atoms with E-state index >= 15 is 0 Å². The van der Waals surface area contributed by atoms with Gasteiger partial charge in [0.05, 0.1) is 27.6 Å². The quantitative estimate of drug-likeness (QED) is 0.145. The Morgan fingerprint density at radius 1 is 0.325 bits per heavy atom. The summed E-state index contributed by atoms with van der Waals surface area (Å²) in [5.74, 6) is 2.21. The Morgan fingerprint density at radius 2 is 0.766 bits per heavy atom. The molecule has 77 heavy (non-hydrogen) atoms. The molecule has 0 amide bonds. The molecule has 2 aromatic heterocycles. The van der Waals surface area contributed by atoms with Gasteiger partial charge in [0.25, 0.3) is 0 Å². The number of hydrogen-bond donors (Lipinski definition) is 0. The molecule has 362 valence electrons. The Labute approximate surface area is 448 Å². The lowest BCUT2D eigenvalue weighted by atomic mass is 9.67. The summed E-state index contributed by atoms with van der Waals surface area (Å²) in [5, 5.41) is 2.33. The van der Waals surface area contributed by atoms with E-state index in [1.807, 2.05) is 0 Å². The molecule has 0 unspecified atom stereocenters. The first-order chi connectivity index (χ1) is 38.1. The van der Waals surface area contributed by atoms with E-state index in [0.29, 0.717) is 5.82 Å². The molecular formula is C73H50N4. The maximum atomic E-state index is 5.56. The highest BCUT2D eigenvalue weighted by Gasteiger charge is 2.48. The minimum absolute atomic E-state index is 0.536. The number of aromatic nitrogens is 3. The molecule has 0 N–H and O–H groups in total. The number of benzene rings is 11. The van der Waals surface area contributed by atoms with Gasteiger partial charge in [0, 0.05) is 35.0 Å². The van der Waals surface area contributed by atoms with Crippen LogP contribution in [0.15, 0.2) is 285 Å². The van der Waals surface area contributed by atoms with Gasteiger partial charge in [-0.3, -0.25) is 4.57 Å². The average Bonchev–Trinajstić information content (AvgIpc) is 4.34. The Morgan fingerprint density at radius 3 is 1.31 bits per heavy atom. The van der Waals surface area contributed by atoms with Crippen molar-refractivity contribution < 1.29 is 0 Å². The van der Waals surface area contributed by atoms with Gasteiger partial charge in [-0.25, -0.2) is 9.97 Å². The van der Waals surface area contributed by atoms with Crippen LogP contribution in [0.4, 0.5) is 11.5 Å². The smallest absolute Gasteiger partial charge is 0.163 e. The maximum Gasteiger partial charge on any atom is 0.163 e. The van der Waals surface area contributed by atoms with E-state index in [1.165, 1.54) is 72.1 Å². The van der Waals surface area contributed by atoms with E-state index < -0.39 is 10.8 Å². The molecule has 0 fully saturated rings. The van der Waals surface area contributed by atoms with Crippen LogP contribution in [0.25, 0.3) is 72.4 Å². The predicted octanol–water partition coefficient (Wildman–Crippen LogP) is 17.4. The van der Waals surface area contributed by atoms with Crippen LogP contribution in [-0.2, 0) is 10.8 Å². The average molecular weight is 983 g/mol. The SMILES string of the molecule is CN(c1cc(-n2c3ccccc3c3cc4c(cc32)-c2ccccc2C4(c2ccccc2)c2ccccc2)nc(-c2ccccc2)n1)c1cc2c(cc1-c1ccccc1)C(c1ccccc1)(c1ccccc1)c1ccccc1-2. The van der Waals surface area contributed by atoms with Crippen molar-refractivity contribution in [2.24, 2.45) is 0 Å². The fraction of sp³-hybridized carbons (Fsp3) is 0.0411. The first-order valence-electron chi connectivity index (χ1n) is 26.5. The van der Waals surface area contributed by atoms with Crippen LogP contribution < -0.4 is 4.90 Å². The Kier molecular flexibility index (Phi) is 10.2. The van der Waals surface area contributed by atoms with E-state index in [9.17, 15) is 0 Å². The second kappa shape index (κ2) is 17.6. The van der Waals surface area contributed by atoms with Crippen LogP contribution >= 0.6 is 0 Å². The Balaban J connectivity index is 0.987. The highest BCUT2D eigenvalue weighted by atomic mass is 15.2. The van der Waals surface area contributed by atoms with Gasteiger partial charge in [0.1, 0.15) is 11.6 Å². The highest BCUT2D eigenvalue weighted by molar-refractivity contribution is 6.12. The van der Waals surface area contributed by atoms with E-state index in [4.69, 9.17) is 9.97 Å². The van der Waals surface area contributed by atoms with Crippen molar-refractivity contribution in [3.05, 3.63) is 330 Å². The minimum Gasteiger partial charge on any atom is -0.329 e. The third-order valence-corrected chi connectivity index (χ3v) is 16.6. The lowest BCUT2D eigenvalue weighted by molar-refractivity contribution is 0.768. The van der Waals surface area contributed by atoms with Crippen molar-refractivity contribution >= 4 is 33.3 Å². The van der Waals surface area contributed by atoms with Gasteiger partial charge in [0.15, 0.2) is 5.82 Å². The van der Waals surface area contributed by atoms with Crippen molar-refractivity contribution in [2.75, 3.05) is 11.9 Å². The normalized spacial score (nSPS) is 13.5. The second-order valence-electron chi connectivity index (χ2n) is 20.4. The molecule has 15 rings (SSSR count). The summed E-state index contributed by atoms with van der Waals surface area (Å²) in [6.45, 7) is 0. The van der Waals surface area contributed by atoms with Gasteiger partial charge in [-0.15, -0.1) is 0 Å². The summed E-state index contributed by atoms with van der Waals surface area (Å²) in [6.07, 6.45) is 0. The van der Waals surface area contributed by atoms with E-state index in [-0.39, 0.29) is 0 Å². The standard InChI is InChI=1S/C73H50N4/c1-76(67-46-59-55-38-20-23-41-62(55)72(51-30-12-4-13-31-51,52-32-14-5-15-33-52)64(59)44-58(67)49-26-8-2-9-27-49)69-48-70(75-71(74-69)50-28-10-3-11-29-50)77-66-43-25-22-40-57(66)61-45-65-60(47-68(61)77)56-39-21-24-42-63(56)73(65,53-34-16-6-17-35-53)54-36-18-7-19-37-54/h2-48H,1H3. The summed E-state index contributed by atoms with van der Waals surface area (Å²) in [5.41, 5.74) is 20.2. The van der Waals surface area contributed by atoms with Crippen molar-refractivity contribution in [1.29, 1.82) is 0 Å². The highest BCUT2D eigenvalue weighted by Crippen LogP contribution is 2.60. The molecule has 11 aromatic carbocycles. The van der Waals surface area contributed by atoms with Gasteiger partial charge in [-0.2, -0.15) is 0 Å². The first kappa shape index (κ1) is 44.6. The van der Waals surface area contributed by atoms with Gasteiger partial charge in [0.2, 0.25) is 0 Å². The molecule has 0 radical (unpaired) electrons. The molecule has 0 bridgehead atoms. The third kappa shape index (κ3) is 6.58. The van der Waals surface area contributed by atoms with E-state index in [1.54, 1.807) is 0 Å². The van der Waals surface area contributed by atoms with Crippen LogP contribution in [0.2, 0.25) is 0 Å². The molecule has 0 saturated carbocycles. The van der Waals surface area contributed by atoms with Crippen molar-refractivity contribution in [2.45, 2.75) is 10.8 Å². The predicted molar refractivity (Wildman–Crippen MR) is 316 cm³/mol. The number of hydrogen-bond acceptors (Lipinski definition) is 3. The number of rotatable bonds is 9. The van der Waals surface area contributed by atoms with Crippen molar-refractivity contribution in [3.8, 4) is 50.6 Å². The lowest BCUT2D eigenvalue weighted by Gasteiger charge is -2.34. The molecule has 2 aliphatic rings. The maximum absolute atomic E-state index is 5.56. The second-order valence-corrected chi connectivity index (χ2v) is 20.4. The zero-order valence-corrected chi connectivity index (χ0v) is 42.4. The molecule has 2 heterocycles. The molecule has 13 aromatic rings. The number of fused-ring (bicyclic) bond motifs is 9. The molecule has 0 aliphatic heterocycles. The summed E-state index contributed by atoms with van der Waals surface area (Å²) in [6, 6.07) is 104. The van der Waals surface area contributed by atoms with Crippen LogP contribution in [0.1, 0.15) is 44.5 Å². The lowest BCUT2D eigenvalue weighted by Crippen LogP contribution is -2.28. The molecule has 2 aliphatic carbocycles. The largest absolute Gasteiger partial charge is 0.329 e. The van der Waals surface area contributed by atoms with Gasteiger partial charge in [-0.1, -0.05) is 249 Å². The molecule has 0 saturated heterocycles. The van der Waals surface area contributed by atoms with E-state index in [0.717, 1.165) is 50.4 Å². The third-order valence-electron chi connectivity index (χ3n) is 16.6. The summed E-state index contributed by atoms with van der Waals surface area (Å²) < 4.78 is 2.37. The molecular weight excluding hydrogens is 933 g/mol. The number of nitrogens with zero attached hydrogens (tertiary/aromatic N) is 4. The molecule has 0 spiro atoms. The molecule has 4 nitrogen and oxygen atoms in total. The van der Waals surface area contributed by atoms with Gasteiger partial charge < -0.3 is 4.90 Å². The number of para-hydroxylation sites is 1. The minimum atomic E-state index is -0.559. The summed E-state index contributed by atoms with van der Waals surface area (Å²) in [4.78, 5) is 13.4. The number of anilines is 2. The van der Waals surface area contributed by atoms with E-state index in [2.05, 4.69) is 302 Å². The van der Waals surface area contributed by atoms with Gasteiger partial charge >= 0.3 is 0 Å². The Hall–Kier alpha value is -9.90. The monoisotopic (exact) mass is 982 g/mol. The van der Waals surface area contributed by atoms with Crippen molar-refractivity contribution in [3.63, 3.8) is 0 Å². The van der Waals surface area contributed by atoms with Gasteiger partial charge in [-0.05, 0) is 103 Å². The van der Waals surface area contributed by atoms with Crippen LogP contribution in [-0.4, -0.2) is 21.6 Å². The summed E-state index contributed by atoms with van der Waals surface area (Å²) >= 11 is 0.